The lowest BCUT2D eigenvalue weighted by atomic mass is 10.2. The highest BCUT2D eigenvalue weighted by molar-refractivity contribution is 5.82. The van der Waals surface area contributed by atoms with Crippen molar-refractivity contribution >= 4 is 11.9 Å². The summed E-state index contributed by atoms with van der Waals surface area (Å²) in [6.07, 6.45) is 0.859. The SMILES string of the molecule is C[C@@H]1C[C@H]1C(=O)OCC(=O)NCc1ccc2c(c1)OCO2. The molecule has 1 heterocycles. The van der Waals surface area contributed by atoms with Gasteiger partial charge in [-0.05, 0) is 30.0 Å². The zero-order valence-electron chi connectivity index (χ0n) is 11.8. The lowest BCUT2D eigenvalue weighted by Gasteiger charge is -2.07. The fourth-order valence-corrected chi connectivity index (χ4v) is 2.20. The number of amides is 1. The van der Waals surface area contributed by atoms with Gasteiger partial charge in [-0.25, -0.2) is 0 Å². The van der Waals surface area contributed by atoms with Crippen LogP contribution in [0.15, 0.2) is 18.2 Å². The van der Waals surface area contributed by atoms with Gasteiger partial charge in [-0.1, -0.05) is 13.0 Å². The number of rotatable bonds is 5. The van der Waals surface area contributed by atoms with Gasteiger partial charge in [0.1, 0.15) is 0 Å². The average molecular weight is 291 g/mol. The van der Waals surface area contributed by atoms with Crippen LogP contribution in [-0.4, -0.2) is 25.3 Å². The number of hydrogen-bond donors (Lipinski definition) is 1. The van der Waals surface area contributed by atoms with E-state index in [2.05, 4.69) is 5.32 Å². The molecule has 1 amide bonds. The molecule has 6 nitrogen and oxygen atoms in total. The highest BCUT2D eigenvalue weighted by atomic mass is 16.7. The molecule has 1 aromatic carbocycles. The predicted molar refractivity (Wildman–Crippen MR) is 72.6 cm³/mol. The molecule has 0 aromatic heterocycles. The molecule has 112 valence electrons. The molecule has 3 rings (SSSR count). The van der Waals surface area contributed by atoms with E-state index in [4.69, 9.17) is 14.2 Å². The second-order valence-electron chi connectivity index (χ2n) is 5.39. The van der Waals surface area contributed by atoms with Crippen LogP contribution < -0.4 is 14.8 Å². The van der Waals surface area contributed by atoms with Crippen molar-refractivity contribution in [1.29, 1.82) is 0 Å². The minimum absolute atomic E-state index is 0.0216. The maximum atomic E-state index is 11.6. The lowest BCUT2D eigenvalue weighted by Crippen LogP contribution is -2.28. The van der Waals surface area contributed by atoms with Crippen molar-refractivity contribution < 1.29 is 23.8 Å². The Morgan fingerprint density at radius 1 is 1.33 bits per heavy atom. The molecule has 6 heteroatoms. The molecule has 0 radical (unpaired) electrons. The molecule has 21 heavy (non-hydrogen) atoms. The zero-order chi connectivity index (χ0) is 14.8. The molecule has 0 bridgehead atoms. The molecule has 1 aliphatic heterocycles. The van der Waals surface area contributed by atoms with Crippen molar-refractivity contribution in [3.05, 3.63) is 23.8 Å². The first-order chi connectivity index (χ1) is 10.1. The maximum absolute atomic E-state index is 11.6. The molecule has 1 aromatic rings. The van der Waals surface area contributed by atoms with E-state index in [0.717, 1.165) is 12.0 Å². The van der Waals surface area contributed by atoms with Gasteiger partial charge in [0, 0.05) is 6.54 Å². The Hall–Kier alpha value is -2.24. The van der Waals surface area contributed by atoms with Crippen LogP contribution in [0.25, 0.3) is 0 Å². The topological polar surface area (TPSA) is 73.9 Å². The van der Waals surface area contributed by atoms with E-state index in [0.29, 0.717) is 24.0 Å². The lowest BCUT2D eigenvalue weighted by molar-refractivity contribution is -0.150. The molecule has 2 atom stereocenters. The number of nitrogens with one attached hydrogen (secondary N) is 1. The zero-order valence-corrected chi connectivity index (χ0v) is 11.8. The van der Waals surface area contributed by atoms with E-state index in [-0.39, 0.29) is 31.2 Å². The van der Waals surface area contributed by atoms with Crippen LogP contribution in [0.4, 0.5) is 0 Å². The van der Waals surface area contributed by atoms with Crippen LogP contribution in [0.1, 0.15) is 18.9 Å². The summed E-state index contributed by atoms with van der Waals surface area (Å²) in [5.41, 5.74) is 0.898. The van der Waals surface area contributed by atoms with Gasteiger partial charge in [0.25, 0.3) is 5.91 Å². The first kappa shape index (κ1) is 13.7. The number of benzene rings is 1. The molecular weight excluding hydrogens is 274 g/mol. The number of esters is 1. The van der Waals surface area contributed by atoms with Gasteiger partial charge < -0.3 is 19.5 Å². The summed E-state index contributed by atoms with van der Waals surface area (Å²) in [6, 6.07) is 5.48. The van der Waals surface area contributed by atoms with Crippen molar-refractivity contribution in [1.82, 2.24) is 5.32 Å². The Bertz CT molecular complexity index is 571. The van der Waals surface area contributed by atoms with Crippen LogP contribution >= 0.6 is 0 Å². The summed E-state index contributed by atoms with van der Waals surface area (Å²) in [4.78, 5) is 23.1. The van der Waals surface area contributed by atoms with Crippen molar-refractivity contribution in [2.75, 3.05) is 13.4 Å². The van der Waals surface area contributed by atoms with E-state index in [1.54, 1.807) is 6.07 Å². The molecule has 1 fully saturated rings. The van der Waals surface area contributed by atoms with Crippen molar-refractivity contribution in [2.24, 2.45) is 11.8 Å². The first-order valence-corrected chi connectivity index (χ1v) is 6.95. The Kier molecular flexibility index (Phi) is 3.68. The number of fused-ring (bicyclic) bond motifs is 1. The fraction of sp³-hybridized carbons (Fsp3) is 0.467. The first-order valence-electron chi connectivity index (χ1n) is 6.95. The van der Waals surface area contributed by atoms with E-state index in [9.17, 15) is 9.59 Å². The number of hydrogen-bond acceptors (Lipinski definition) is 5. The predicted octanol–water partition coefficient (Wildman–Crippen LogP) is 1.23. The van der Waals surface area contributed by atoms with E-state index in [1.807, 2.05) is 19.1 Å². The summed E-state index contributed by atoms with van der Waals surface area (Å²) in [5, 5.41) is 2.70. The summed E-state index contributed by atoms with van der Waals surface area (Å²) in [5.74, 6) is 1.16. The van der Waals surface area contributed by atoms with Gasteiger partial charge in [-0.15, -0.1) is 0 Å². The normalized spacial score (nSPS) is 21.8. The minimum Gasteiger partial charge on any atom is -0.455 e. The molecule has 0 saturated heterocycles. The highest BCUT2D eigenvalue weighted by Crippen LogP contribution is 2.38. The van der Waals surface area contributed by atoms with E-state index >= 15 is 0 Å². The summed E-state index contributed by atoms with van der Waals surface area (Å²) in [7, 11) is 0. The molecule has 1 saturated carbocycles. The van der Waals surface area contributed by atoms with Crippen LogP contribution in [0.2, 0.25) is 0 Å². The van der Waals surface area contributed by atoms with E-state index in [1.165, 1.54) is 0 Å². The molecule has 2 aliphatic rings. The average Bonchev–Trinajstić information content (AvgIpc) is 3.03. The quantitative estimate of drug-likeness (QED) is 0.826. The van der Waals surface area contributed by atoms with Crippen molar-refractivity contribution in [2.45, 2.75) is 19.9 Å². The summed E-state index contributed by atoms with van der Waals surface area (Å²) < 4.78 is 15.4. The van der Waals surface area contributed by atoms with Gasteiger partial charge in [-0.3, -0.25) is 9.59 Å². The third kappa shape index (κ3) is 3.26. The second-order valence-corrected chi connectivity index (χ2v) is 5.39. The monoisotopic (exact) mass is 291 g/mol. The van der Waals surface area contributed by atoms with E-state index < -0.39 is 0 Å². The Balaban J connectivity index is 1.42. The largest absolute Gasteiger partial charge is 0.455 e. The second kappa shape index (κ2) is 5.63. The fourth-order valence-electron chi connectivity index (χ4n) is 2.20. The van der Waals surface area contributed by atoms with Gasteiger partial charge in [0.2, 0.25) is 6.79 Å². The van der Waals surface area contributed by atoms with Crippen LogP contribution in [0.3, 0.4) is 0 Å². The van der Waals surface area contributed by atoms with Gasteiger partial charge in [-0.2, -0.15) is 0 Å². The third-order valence-corrected chi connectivity index (χ3v) is 3.68. The number of carbonyl (C=O) groups excluding carboxylic acids is 2. The van der Waals surface area contributed by atoms with Crippen molar-refractivity contribution in [3.8, 4) is 11.5 Å². The van der Waals surface area contributed by atoms with Crippen LogP contribution in [0.5, 0.6) is 11.5 Å². The highest BCUT2D eigenvalue weighted by Gasteiger charge is 2.40. The summed E-state index contributed by atoms with van der Waals surface area (Å²) in [6.45, 7) is 2.34. The Labute approximate surface area is 122 Å². The maximum Gasteiger partial charge on any atom is 0.309 e. The van der Waals surface area contributed by atoms with Crippen LogP contribution in [0, 0.1) is 11.8 Å². The number of ether oxygens (including phenoxy) is 3. The number of carbonyl (C=O) groups is 2. The van der Waals surface area contributed by atoms with Gasteiger partial charge in [0.15, 0.2) is 18.1 Å². The van der Waals surface area contributed by atoms with Gasteiger partial charge >= 0.3 is 5.97 Å². The standard InChI is InChI=1S/C15H17NO5/c1-9-4-11(9)15(18)19-7-14(17)16-6-10-2-3-12-13(5-10)21-8-20-12/h2-3,5,9,11H,4,6-8H2,1H3,(H,16,17)/t9-,11-/m1/s1. The smallest absolute Gasteiger partial charge is 0.309 e. The Morgan fingerprint density at radius 3 is 2.86 bits per heavy atom. The molecule has 0 unspecified atom stereocenters. The van der Waals surface area contributed by atoms with Crippen molar-refractivity contribution in [3.63, 3.8) is 0 Å². The Morgan fingerprint density at radius 2 is 2.10 bits per heavy atom. The van der Waals surface area contributed by atoms with Gasteiger partial charge in [0.05, 0.1) is 5.92 Å². The van der Waals surface area contributed by atoms with Crippen LogP contribution in [-0.2, 0) is 20.9 Å². The molecule has 1 aliphatic carbocycles. The minimum atomic E-state index is -0.311. The molecular formula is C15H17NO5. The third-order valence-electron chi connectivity index (χ3n) is 3.68. The summed E-state index contributed by atoms with van der Waals surface area (Å²) >= 11 is 0. The molecule has 1 N–H and O–H groups in total. The molecule has 0 spiro atoms.